The van der Waals surface area contributed by atoms with Crippen LogP contribution < -0.4 is 0 Å². The summed E-state index contributed by atoms with van der Waals surface area (Å²) < 4.78 is 13.6. The van der Waals surface area contributed by atoms with Gasteiger partial charge in [-0.1, -0.05) is 22.0 Å². The highest BCUT2D eigenvalue weighted by atomic mass is 79.9. The van der Waals surface area contributed by atoms with Crippen LogP contribution >= 0.6 is 39.0 Å². The highest BCUT2D eigenvalue weighted by Crippen LogP contribution is 2.30. The number of thiophene rings is 1. The van der Waals surface area contributed by atoms with Gasteiger partial charge in [-0.15, -0.1) is 23.1 Å². The highest BCUT2D eigenvalue weighted by Gasteiger charge is 2.08. The Morgan fingerprint density at radius 1 is 1.44 bits per heavy atom. The fraction of sp³-hybridized carbons (Fsp3) is 0.0833. The SMILES string of the molecule is O=C(O)c1cc(SCc2ccc(F)cc2Br)cs1. The lowest BCUT2D eigenvalue weighted by molar-refractivity contribution is 0.0702. The van der Waals surface area contributed by atoms with Crippen molar-refractivity contribution in [2.45, 2.75) is 10.6 Å². The van der Waals surface area contributed by atoms with E-state index in [0.717, 1.165) is 14.9 Å². The molecule has 2 nitrogen and oxygen atoms in total. The van der Waals surface area contributed by atoms with Gasteiger partial charge in [0, 0.05) is 20.5 Å². The zero-order valence-corrected chi connectivity index (χ0v) is 12.2. The molecule has 0 unspecified atom stereocenters. The summed E-state index contributed by atoms with van der Waals surface area (Å²) in [4.78, 5) is 12.0. The molecule has 0 amide bonds. The predicted octanol–water partition coefficient (Wildman–Crippen LogP) is 4.64. The molecule has 1 N–H and O–H groups in total. The molecule has 0 aliphatic carbocycles. The van der Waals surface area contributed by atoms with Crippen molar-refractivity contribution in [3.63, 3.8) is 0 Å². The van der Waals surface area contributed by atoms with E-state index in [4.69, 9.17) is 5.11 Å². The number of hydrogen-bond donors (Lipinski definition) is 1. The van der Waals surface area contributed by atoms with Gasteiger partial charge in [0.25, 0.3) is 0 Å². The molecule has 94 valence electrons. The Bertz CT molecular complexity index is 583. The average molecular weight is 347 g/mol. The second kappa shape index (κ2) is 5.86. The van der Waals surface area contributed by atoms with E-state index in [0.29, 0.717) is 10.6 Å². The molecule has 0 saturated carbocycles. The fourth-order valence-electron chi connectivity index (χ4n) is 1.31. The van der Waals surface area contributed by atoms with Crippen molar-refractivity contribution in [1.82, 2.24) is 0 Å². The van der Waals surface area contributed by atoms with Gasteiger partial charge in [-0.05, 0) is 23.8 Å². The number of carbonyl (C=O) groups is 1. The number of benzene rings is 1. The van der Waals surface area contributed by atoms with Gasteiger partial charge < -0.3 is 5.11 Å². The van der Waals surface area contributed by atoms with Crippen LogP contribution in [0.3, 0.4) is 0 Å². The zero-order chi connectivity index (χ0) is 13.1. The van der Waals surface area contributed by atoms with E-state index >= 15 is 0 Å². The molecule has 0 saturated heterocycles. The minimum absolute atomic E-state index is 0.278. The van der Waals surface area contributed by atoms with Gasteiger partial charge in [0.15, 0.2) is 0 Å². The van der Waals surface area contributed by atoms with Gasteiger partial charge in [-0.3, -0.25) is 0 Å². The average Bonchev–Trinajstić information content (AvgIpc) is 2.76. The van der Waals surface area contributed by atoms with E-state index in [9.17, 15) is 9.18 Å². The normalized spacial score (nSPS) is 10.6. The lowest BCUT2D eigenvalue weighted by Gasteiger charge is -2.03. The maximum absolute atomic E-state index is 12.9. The van der Waals surface area contributed by atoms with E-state index < -0.39 is 5.97 Å². The molecule has 0 fully saturated rings. The molecule has 0 radical (unpaired) electrons. The largest absolute Gasteiger partial charge is 0.477 e. The van der Waals surface area contributed by atoms with Gasteiger partial charge in [0.2, 0.25) is 0 Å². The standard InChI is InChI=1S/C12H8BrFO2S2/c13-10-3-8(14)2-1-7(10)5-17-9-4-11(12(15)16)18-6-9/h1-4,6H,5H2,(H,15,16). The van der Waals surface area contributed by atoms with Crippen LogP contribution in [0.25, 0.3) is 0 Å². The lowest BCUT2D eigenvalue weighted by Crippen LogP contribution is -1.89. The fourth-order valence-corrected chi connectivity index (χ4v) is 3.86. The number of carboxylic acid groups (broad SMARTS) is 1. The molecule has 0 bridgehead atoms. The summed E-state index contributed by atoms with van der Waals surface area (Å²) in [5.41, 5.74) is 0.976. The summed E-state index contributed by atoms with van der Waals surface area (Å²) in [5, 5.41) is 10.6. The summed E-state index contributed by atoms with van der Waals surface area (Å²) in [6, 6.07) is 6.20. The Morgan fingerprint density at radius 3 is 2.83 bits per heavy atom. The number of rotatable bonds is 4. The minimum Gasteiger partial charge on any atom is -0.477 e. The monoisotopic (exact) mass is 346 g/mol. The predicted molar refractivity (Wildman–Crippen MR) is 74.9 cm³/mol. The number of thioether (sulfide) groups is 1. The molecule has 2 aromatic rings. The minimum atomic E-state index is -0.908. The highest BCUT2D eigenvalue weighted by molar-refractivity contribution is 9.10. The molecule has 6 heteroatoms. The number of aromatic carboxylic acids is 1. The maximum atomic E-state index is 12.9. The van der Waals surface area contributed by atoms with Crippen LogP contribution in [0.2, 0.25) is 0 Å². The third-order valence-electron chi connectivity index (χ3n) is 2.20. The van der Waals surface area contributed by atoms with Crippen LogP contribution in [-0.2, 0) is 5.75 Å². The van der Waals surface area contributed by atoms with Crippen molar-refractivity contribution < 1.29 is 14.3 Å². The first-order valence-electron chi connectivity index (χ1n) is 4.95. The van der Waals surface area contributed by atoms with Crippen LogP contribution in [0.5, 0.6) is 0 Å². The van der Waals surface area contributed by atoms with E-state index in [2.05, 4.69) is 15.9 Å². The van der Waals surface area contributed by atoms with Crippen molar-refractivity contribution in [1.29, 1.82) is 0 Å². The van der Waals surface area contributed by atoms with Crippen molar-refractivity contribution in [2.75, 3.05) is 0 Å². The Labute approximate surface area is 120 Å². The Morgan fingerprint density at radius 2 is 2.22 bits per heavy atom. The quantitative estimate of drug-likeness (QED) is 0.819. The molecule has 0 aliphatic rings. The van der Waals surface area contributed by atoms with Gasteiger partial charge in [0.05, 0.1) is 0 Å². The van der Waals surface area contributed by atoms with Gasteiger partial charge >= 0.3 is 5.97 Å². The van der Waals surface area contributed by atoms with Crippen LogP contribution in [0.1, 0.15) is 15.2 Å². The first-order chi connectivity index (χ1) is 8.56. The van der Waals surface area contributed by atoms with Crippen molar-refractivity contribution >= 4 is 45.0 Å². The zero-order valence-electron chi connectivity index (χ0n) is 9.02. The molecular formula is C12H8BrFO2S2. The van der Waals surface area contributed by atoms with Crippen LogP contribution in [0, 0.1) is 5.82 Å². The Hall–Kier alpha value is -0.850. The second-order valence-electron chi connectivity index (χ2n) is 3.48. The molecule has 2 rings (SSSR count). The summed E-state index contributed by atoms with van der Waals surface area (Å²) in [6.07, 6.45) is 0. The van der Waals surface area contributed by atoms with Crippen LogP contribution in [0.4, 0.5) is 4.39 Å². The summed E-state index contributed by atoms with van der Waals surface area (Å²) >= 11 is 6.04. The Kier molecular flexibility index (Phi) is 4.42. The number of hydrogen-bond acceptors (Lipinski definition) is 3. The topological polar surface area (TPSA) is 37.3 Å². The third-order valence-corrected chi connectivity index (χ3v) is 5.03. The van der Waals surface area contributed by atoms with Gasteiger partial charge in [0.1, 0.15) is 10.7 Å². The molecule has 18 heavy (non-hydrogen) atoms. The maximum Gasteiger partial charge on any atom is 0.345 e. The van der Waals surface area contributed by atoms with Crippen LogP contribution in [0.15, 0.2) is 39.0 Å². The summed E-state index contributed by atoms with van der Waals surface area (Å²) in [7, 11) is 0. The first-order valence-corrected chi connectivity index (χ1v) is 7.60. The van der Waals surface area contributed by atoms with Crippen molar-refractivity contribution in [3.05, 3.63) is 50.4 Å². The third kappa shape index (κ3) is 3.34. The van der Waals surface area contributed by atoms with E-state index in [1.807, 2.05) is 5.38 Å². The van der Waals surface area contributed by atoms with E-state index in [1.54, 1.807) is 12.1 Å². The smallest absolute Gasteiger partial charge is 0.345 e. The van der Waals surface area contributed by atoms with Crippen molar-refractivity contribution in [2.24, 2.45) is 0 Å². The molecular weight excluding hydrogens is 339 g/mol. The summed E-state index contributed by atoms with van der Waals surface area (Å²) in [5.74, 6) is -0.523. The second-order valence-corrected chi connectivity index (χ2v) is 6.29. The lowest BCUT2D eigenvalue weighted by atomic mass is 10.2. The number of halogens is 2. The van der Waals surface area contributed by atoms with Crippen LogP contribution in [-0.4, -0.2) is 11.1 Å². The van der Waals surface area contributed by atoms with Gasteiger partial charge in [-0.2, -0.15) is 0 Å². The summed E-state index contributed by atoms with van der Waals surface area (Å²) in [6.45, 7) is 0. The molecule has 0 spiro atoms. The molecule has 1 heterocycles. The molecule has 0 atom stereocenters. The number of carboxylic acids is 1. The molecule has 1 aromatic carbocycles. The Balaban J connectivity index is 2.04. The first kappa shape index (κ1) is 13.6. The van der Waals surface area contributed by atoms with Gasteiger partial charge in [-0.25, -0.2) is 9.18 Å². The molecule has 0 aliphatic heterocycles. The molecule has 1 aromatic heterocycles. The van der Waals surface area contributed by atoms with E-state index in [-0.39, 0.29) is 5.82 Å². The van der Waals surface area contributed by atoms with E-state index in [1.165, 1.54) is 35.2 Å². The van der Waals surface area contributed by atoms with Crippen molar-refractivity contribution in [3.8, 4) is 0 Å².